The van der Waals surface area contributed by atoms with Crippen molar-refractivity contribution in [2.75, 3.05) is 33.8 Å². The van der Waals surface area contributed by atoms with Crippen LogP contribution >= 0.6 is 0 Å². The van der Waals surface area contributed by atoms with Gasteiger partial charge in [-0.05, 0) is 49.2 Å². The van der Waals surface area contributed by atoms with E-state index < -0.39 is 0 Å². The van der Waals surface area contributed by atoms with E-state index in [0.717, 1.165) is 37.9 Å². The van der Waals surface area contributed by atoms with E-state index in [9.17, 15) is 0 Å². The molecule has 0 radical (unpaired) electrons. The fourth-order valence-electron chi connectivity index (χ4n) is 3.56. The van der Waals surface area contributed by atoms with Gasteiger partial charge in [-0.3, -0.25) is 9.89 Å². The largest absolute Gasteiger partial charge is 0.497 e. The van der Waals surface area contributed by atoms with E-state index in [1.807, 2.05) is 19.2 Å². The third-order valence-electron chi connectivity index (χ3n) is 5.05. The van der Waals surface area contributed by atoms with Crippen LogP contribution in [0.3, 0.4) is 0 Å². The monoisotopic (exact) mass is 366 g/mol. The maximum Gasteiger partial charge on any atom is 0.191 e. The van der Waals surface area contributed by atoms with Crippen molar-refractivity contribution in [3.8, 4) is 5.75 Å². The second-order valence-electron chi connectivity index (χ2n) is 6.83. The second-order valence-corrected chi connectivity index (χ2v) is 6.83. The summed E-state index contributed by atoms with van der Waals surface area (Å²) in [5.41, 5.74) is 2.52. The molecule has 1 heterocycles. The Morgan fingerprint density at radius 2 is 1.85 bits per heavy atom. The van der Waals surface area contributed by atoms with Gasteiger partial charge in [0.1, 0.15) is 5.75 Å². The molecular weight excluding hydrogens is 336 g/mol. The smallest absolute Gasteiger partial charge is 0.191 e. The minimum atomic E-state index is 0.304. The van der Waals surface area contributed by atoms with Gasteiger partial charge in [-0.1, -0.05) is 42.5 Å². The molecule has 3 rings (SSSR count). The zero-order valence-electron chi connectivity index (χ0n) is 16.3. The number of hydrogen-bond acceptors (Lipinski definition) is 3. The number of nitrogens with zero attached hydrogens (tertiary/aromatic N) is 2. The highest BCUT2D eigenvalue weighted by atomic mass is 16.5. The molecule has 1 aliphatic rings. The third kappa shape index (κ3) is 5.47. The number of benzene rings is 2. The predicted molar refractivity (Wildman–Crippen MR) is 111 cm³/mol. The van der Waals surface area contributed by atoms with E-state index in [1.54, 1.807) is 7.11 Å². The lowest BCUT2D eigenvalue weighted by Crippen LogP contribution is -2.42. The topological polar surface area (TPSA) is 48.9 Å². The molecular formula is C22H30N4O. The number of aliphatic imine (C=N–C) groups is 1. The minimum Gasteiger partial charge on any atom is -0.497 e. The van der Waals surface area contributed by atoms with E-state index in [1.165, 1.54) is 24.0 Å². The van der Waals surface area contributed by atoms with Crippen molar-refractivity contribution in [2.45, 2.75) is 25.4 Å². The van der Waals surface area contributed by atoms with Gasteiger partial charge in [0.15, 0.2) is 5.96 Å². The quantitative estimate of drug-likeness (QED) is 0.584. The predicted octanol–water partition coefficient (Wildman–Crippen LogP) is 3.20. The van der Waals surface area contributed by atoms with Crippen molar-refractivity contribution in [1.82, 2.24) is 15.5 Å². The average Bonchev–Trinajstić information content (AvgIpc) is 3.26. The molecule has 2 aromatic rings. The van der Waals surface area contributed by atoms with Gasteiger partial charge in [0, 0.05) is 20.1 Å². The first-order valence-electron chi connectivity index (χ1n) is 9.66. The highest BCUT2D eigenvalue weighted by molar-refractivity contribution is 5.79. The van der Waals surface area contributed by atoms with Crippen LogP contribution in [0.2, 0.25) is 0 Å². The van der Waals surface area contributed by atoms with Crippen LogP contribution in [-0.2, 0) is 6.54 Å². The molecule has 144 valence electrons. The fraction of sp³-hybridized carbons (Fsp3) is 0.409. The molecule has 0 aliphatic carbocycles. The molecule has 2 N–H and O–H groups in total. The minimum absolute atomic E-state index is 0.304. The summed E-state index contributed by atoms with van der Waals surface area (Å²) in [4.78, 5) is 6.93. The number of likely N-dealkylation sites (tertiary alicyclic amines) is 1. The number of guanidine groups is 1. The van der Waals surface area contributed by atoms with Gasteiger partial charge >= 0.3 is 0 Å². The first-order chi connectivity index (χ1) is 13.3. The van der Waals surface area contributed by atoms with Crippen LogP contribution in [0.25, 0.3) is 0 Å². The molecule has 1 saturated heterocycles. The number of nitrogens with one attached hydrogen (secondary N) is 2. The Morgan fingerprint density at radius 1 is 1.07 bits per heavy atom. The van der Waals surface area contributed by atoms with Gasteiger partial charge in [-0.15, -0.1) is 0 Å². The van der Waals surface area contributed by atoms with Crippen LogP contribution in [0.5, 0.6) is 5.75 Å². The van der Waals surface area contributed by atoms with Crippen molar-refractivity contribution < 1.29 is 4.74 Å². The molecule has 0 bridgehead atoms. The lowest BCUT2D eigenvalue weighted by molar-refractivity contribution is 0.245. The van der Waals surface area contributed by atoms with Crippen molar-refractivity contribution in [3.05, 3.63) is 65.7 Å². The number of rotatable bonds is 7. The Labute approximate surface area is 162 Å². The molecule has 1 unspecified atom stereocenters. The molecule has 5 heteroatoms. The first-order valence-corrected chi connectivity index (χ1v) is 9.66. The maximum absolute atomic E-state index is 5.43. The van der Waals surface area contributed by atoms with E-state index in [2.05, 4.69) is 63.0 Å². The summed E-state index contributed by atoms with van der Waals surface area (Å²) in [6.07, 6.45) is 2.53. The molecule has 1 fully saturated rings. The van der Waals surface area contributed by atoms with Gasteiger partial charge in [0.2, 0.25) is 0 Å². The fourth-order valence-corrected chi connectivity index (χ4v) is 3.56. The molecule has 2 aromatic carbocycles. The Hall–Kier alpha value is -2.53. The highest BCUT2D eigenvalue weighted by Crippen LogP contribution is 2.27. The summed E-state index contributed by atoms with van der Waals surface area (Å²) in [5.74, 6) is 1.73. The van der Waals surface area contributed by atoms with Crippen LogP contribution < -0.4 is 15.4 Å². The molecule has 1 aliphatic heterocycles. The molecule has 5 nitrogen and oxygen atoms in total. The van der Waals surface area contributed by atoms with Gasteiger partial charge in [-0.25, -0.2) is 0 Å². The van der Waals surface area contributed by atoms with Gasteiger partial charge in [-0.2, -0.15) is 0 Å². The third-order valence-corrected chi connectivity index (χ3v) is 5.05. The van der Waals surface area contributed by atoms with Gasteiger partial charge < -0.3 is 15.4 Å². The summed E-state index contributed by atoms with van der Waals surface area (Å²) < 4.78 is 5.43. The SMILES string of the molecule is CN=C(NCc1ccccc1)NCC(c1cccc(OC)c1)N1CCCC1. The van der Waals surface area contributed by atoms with Crippen LogP contribution in [0.15, 0.2) is 59.6 Å². The Bertz CT molecular complexity index is 726. The molecule has 0 amide bonds. The van der Waals surface area contributed by atoms with E-state index in [-0.39, 0.29) is 0 Å². The van der Waals surface area contributed by atoms with Gasteiger partial charge in [0.05, 0.1) is 13.2 Å². The van der Waals surface area contributed by atoms with E-state index in [4.69, 9.17) is 4.74 Å². The normalized spacial score (nSPS) is 16.1. The van der Waals surface area contributed by atoms with Crippen LogP contribution in [-0.4, -0.2) is 44.7 Å². The highest BCUT2D eigenvalue weighted by Gasteiger charge is 2.24. The summed E-state index contributed by atoms with van der Waals surface area (Å²) in [7, 11) is 3.54. The molecule has 0 spiro atoms. The van der Waals surface area contributed by atoms with E-state index in [0.29, 0.717) is 6.04 Å². The average molecular weight is 367 g/mol. The summed E-state index contributed by atoms with van der Waals surface area (Å²) in [5, 5.41) is 6.91. The molecule has 1 atom stereocenters. The zero-order chi connectivity index (χ0) is 18.9. The van der Waals surface area contributed by atoms with Crippen LogP contribution in [0, 0.1) is 0 Å². The maximum atomic E-state index is 5.43. The summed E-state index contributed by atoms with van der Waals surface area (Å²) >= 11 is 0. The Balaban J connectivity index is 1.64. The molecule has 27 heavy (non-hydrogen) atoms. The van der Waals surface area contributed by atoms with E-state index >= 15 is 0 Å². The van der Waals surface area contributed by atoms with Crippen molar-refractivity contribution in [3.63, 3.8) is 0 Å². The van der Waals surface area contributed by atoms with Crippen LogP contribution in [0.4, 0.5) is 0 Å². The zero-order valence-corrected chi connectivity index (χ0v) is 16.3. The summed E-state index contributed by atoms with van der Waals surface area (Å²) in [6.45, 7) is 3.84. The number of hydrogen-bond donors (Lipinski definition) is 2. The standard InChI is InChI=1S/C22H30N4O/c1-23-22(24-16-18-9-4-3-5-10-18)25-17-21(26-13-6-7-14-26)19-11-8-12-20(15-19)27-2/h3-5,8-12,15,21H,6-7,13-14,16-17H2,1-2H3,(H2,23,24,25). The van der Waals surface area contributed by atoms with Crippen molar-refractivity contribution in [1.29, 1.82) is 0 Å². The second kappa shape index (κ2) is 9.97. The lowest BCUT2D eigenvalue weighted by atomic mass is 10.1. The molecule has 0 saturated carbocycles. The first kappa shape index (κ1) is 19.2. The van der Waals surface area contributed by atoms with Crippen molar-refractivity contribution >= 4 is 5.96 Å². The number of methoxy groups -OCH3 is 1. The molecule has 0 aromatic heterocycles. The van der Waals surface area contributed by atoms with Crippen molar-refractivity contribution in [2.24, 2.45) is 4.99 Å². The van der Waals surface area contributed by atoms with Crippen LogP contribution in [0.1, 0.15) is 30.0 Å². The Kier molecular flexibility index (Phi) is 7.11. The summed E-state index contributed by atoms with van der Waals surface area (Å²) in [6, 6.07) is 19.1. The lowest BCUT2D eigenvalue weighted by Gasteiger charge is -2.29. The van der Waals surface area contributed by atoms with Gasteiger partial charge in [0.25, 0.3) is 0 Å². The number of ether oxygens (including phenoxy) is 1. The Morgan fingerprint density at radius 3 is 2.56 bits per heavy atom.